The summed E-state index contributed by atoms with van der Waals surface area (Å²) in [6.45, 7) is 10.1. The molecule has 0 saturated carbocycles. The number of carbonyl (C=O) groups excluding carboxylic acids is 1. The predicted octanol–water partition coefficient (Wildman–Crippen LogP) is 3.38. The summed E-state index contributed by atoms with van der Waals surface area (Å²) in [6, 6.07) is 5.70. The third-order valence-electron chi connectivity index (χ3n) is 6.99. The average Bonchev–Trinajstić information content (AvgIpc) is 3.49. The van der Waals surface area contributed by atoms with Crippen molar-refractivity contribution < 1.29 is 9.53 Å². The van der Waals surface area contributed by atoms with E-state index in [1.54, 1.807) is 10.9 Å². The standard InChI is InChI=1S/C27H35N9O2/c1-6-38-26-22(16-35(5)33-26)31-27-29-14-17(2)23(32-27)20-15-28-24-19(20)8-7-9-21(24)30-25(37)18(3)36-12-10-34(4)11-13-36/h7-9,14-16,18,28H,6,10-13H2,1-5H3,(H,30,37)(H,29,31,32). The van der Waals surface area contributed by atoms with Gasteiger partial charge in [-0.15, -0.1) is 5.10 Å². The molecule has 200 valence electrons. The molecule has 1 aliphatic rings. The van der Waals surface area contributed by atoms with Crippen LogP contribution in [0.3, 0.4) is 0 Å². The van der Waals surface area contributed by atoms with Crippen molar-refractivity contribution >= 4 is 34.1 Å². The molecule has 1 atom stereocenters. The van der Waals surface area contributed by atoms with E-state index >= 15 is 0 Å². The first kappa shape index (κ1) is 25.7. The molecule has 0 aliphatic carbocycles. The van der Waals surface area contributed by atoms with Crippen molar-refractivity contribution in [3.8, 4) is 17.1 Å². The van der Waals surface area contributed by atoms with Crippen LogP contribution in [0, 0.1) is 6.92 Å². The Balaban J connectivity index is 1.40. The third-order valence-corrected chi connectivity index (χ3v) is 6.99. The van der Waals surface area contributed by atoms with E-state index in [2.05, 4.69) is 42.5 Å². The van der Waals surface area contributed by atoms with Gasteiger partial charge in [-0.05, 0) is 39.4 Å². The van der Waals surface area contributed by atoms with E-state index in [4.69, 9.17) is 9.72 Å². The lowest BCUT2D eigenvalue weighted by Crippen LogP contribution is -2.51. The minimum atomic E-state index is -0.208. The average molecular weight is 518 g/mol. The second-order valence-corrected chi connectivity index (χ2v) is 9.74. The molecule has 0 bridgehead atoms. The van der Waals surface area contributed by atoms with Gasteiger partial charge in [0, 0.05) is 56.6 Å². The van der Waals surface area contributed by atoms with E-state index in [0.29, 0.717) is 24.1 Å². The van der Waals surface area contributed by atoms with Crippen LogP contribution < -0.4 is 15.4 Å². The molecule has 0 radical (unpaired) electrons. The molecule has 1 saturated heterocycles. The summed E-state index contributed by atoms with van der Waals surface area (Å²) >= 11 is 0. The number of nitrogens with zero attached hydrogens (tertiary/aromatic N) is 6. The Morgan fingerprint density at radius 1 is 1.18 bits per heavy atom. The van der Waals surface area contributed by atoms with Gasteiger partial charge < -0.3 is 25.3 Å². The highest BCUT2D eigenvalue weighted by molar-refractivity contribution is 6.06. The summed E-state index contributed by atoms with van der Waals surface area (Å²) in [5.74, 6) is 0.933. The monoisotopic (exact) mass is 517 g/mol. The van der Waals surface area contributed by atoms with Crippen LogP contribution in [0.15, 0.2) is 36.8 Å². The summed E-state index contributed by atoms with van der Waals surface area (Å²) in [7, 11) is 3.95. The maximum Gasteiger partial charge on any atom is 0.256 e. The normalized spacial score (nSPS) is 15.5. The molecule has 11 heteroatoms. The van der Waals surface area contributed by atoms with Gasteiger partial charge in [0.25, 0.3) is 5.88 Å². The number of carbonyl (C=O) groups is 1. The molecular formula is C27H35N9O2. The highest BCUT2D eigenvalue weighted by Crippen LogP contribution is 2.34. The van der Waals surface area contributed by atoms with E-state index in [1.807, 2.05) is 58.4 Å². The molecule has 5 rings (SSSR count). The van der Waals surface area contributed by atoms with Crippen LogP contribution in [-0.4, -0.2) is 86.3 Å². The van der Waals surface area contributed by atoms with Crippen LogP contribution in [-0.2, 0) is 11.8 Å². The number of aromatic nitrogens is 5. The number of hydrogen-bond acceptors (Lipinski definition) is 8. The van der Waals surface area contributed by atoms with Gasteiger partial charge in [0.05, 0.1) is 35.7 Å². The number of benzene rings is 1. The Hall–Kier alpha value is -3.96. The molecular weight excluding hydrogens is 482 g/mol. The molecule has 1 unspecified atom stereocenters. The minimum absolute atomic E-state index is 0.00974. The number of aromatic amines is 1. The molecule has 11 nitrogen and oxygen atoms in total. The number of fused-ring (bicyclic) bond motifs is 1. The Morgan fingerprint density at radius 3 is 2.74 bits per heavy atom. The van der Waals surface area contributed by atoms with Crippen LogP contribution in [0.5, 0.6) is 5.88 Å². The van der Waals surface area contributed by atoms with Crippen LogP contribution in [0.2, 0.25) is 0 Å². The summed E-state index contributed by atoms with van der Waals surface area (Å²) in [5.41, 5.74) is 4.97. The van der Waals surface area contributed by atoms with Crippen molar-refractivity contribution in [2.75, 3.05) is 50.5 Å². The first-order valence-corrected chi connectivity index (χ1v) is 12.9. The van der Waals surface area contributed by atoms with Gasteiger partial charge in [0.15, 0.2) is 0 Å². The maximum absolute atomic E-state index is 13.1. The molecule has 4 heterocycles. The lowest BCUT2D eigenvalue weighted by atomic mass is 10.1. The summed E-state index contributed by atoms with van der Waals surface area (Å²) in [5, 5.41) is 11.7. The second kappa shape index (κ2) is 10.8. The fourth-order valence-electron chi connectivity index (χ4n) is 4.76. The summed E-state index contributed by atoms with van der Waals surface area (Å²) in [4.78, 5) is 30.3. The van der Waals surface area contributed by atoms with E-state index in [1.165, 1.54) is 0 Å². The number of H-pyrrole nitrogens is 1. The maximum atomic E-state index is 13.1. The Labute approximate surface area is 222 Å². The van der Waals surface area contributed by atoms with E-state index < -0.39 is 0 Å². The van der Waals surface area contributed by atoms with Crippen molar-refractivity contribution in [3.05, 3.63) is 42.4 Å². The zero-order valence-corrected chi connectivity index (χ0v) is 22.6. The van der Waals surface area contributed by atoms with Gasteiger partial charge in [0.2, 0.25) is 11.9 Å². The van der Waals surface area contributed by atoms with Crippen LogP contribution in [0.4, 0.5) is 17.3 Å². The van der Waals surface area contributed by atoms with Gasteiger partial charge in [-0.2, -0.15) is 0 Å². The SMILES string of the molecule is CCOc1nn(C)cc1Nc1ncc(C)c(-c2c[nH]c3c(NC(=O)C(C)N4CCN(C)CC4)cccc23)n1. The topological polar surface area (TPSA) is 116 Å². The molecule has 1 aromatic carbocycles. The zero-order chi connectivity index (χ0) is 26.8. The number of aryl methyl sites for hydroxylation is 2. The number of amides is 1. The fraction of sp³-hybridized carbons (Fsp3) is 0.407. The highest BCUT2D eigenvalue weighted by Gasteiger charge is 2.25. The van der Waals surface area contributed by atoms with Gasteiger partial charge in [-0.3, -0.25) is 14.4 Å². The molecule has 3 N–H and O–H groups in total. The molecule has 1 amide bonds. The lowest BCUT2D eigenvalue weighted by molar-refractivity contribution is -0.121. The van der Waals surface area contributed by atoms with Crippen molar-refractivity contribution in [2.24, 2.45) is 7.05 Å². The molecule has 1 fully saturated rings. The Bertz CT molecular complexity index is 1440. The smallest absolute Gasteiger partial charge is 0.256 e. The number of rotatable bonds is 8. The summed E-state index contributed by atoms with van der Waals surface area (Å²) < 4.78 is 7.31. The number of anilines is 3. The van der Waals surface area contributed by atoms with Crippen LogP contribution >= 0.6 is 0 Å². The van der Waals surface area contributed by atoms with Crippen molar-refractivity contribution in [1.82, 2.24) is 34.5 Å². The van der Waals surface area contributed by atoms with E-state index in [9.17, 15) is 4.79 Å². The number of ether oxygens (including phenoxy) is 1. The molecule has 1 aliphatic heterocycles. The molecule has 0 spiro atoms. The molecule has 38 heavy (non-hydrogen) atoms. The fourth-order valence-corrected chi connectivity index (χ4v) is 4.76. The second-order valence-electron chi connectivity index (χ2n) is 9.74. The number of para-hydroxylation sites is 1. The van der Waals surface area contributed by atoms with Gasteiger partial charge in [0.1, 0.15) is 5.69 Å². The highest BCUT2D eigenvalue weighted by atomic mass is 16.5. The Kier molecular flexibility index (Phi) is 7.30. The van der Waals surface area contributed by atoms with Crippen molar-refractivity contribution in [3.63, 3.8) is 0 Å². The van der Waals surface area contributed by atoms with Crippen molar-refractivity contribution in [2.45, 2.75) is 26.8 Å². The van der Waals surface area contributed by atoms with Gasteiger partial charge in [-0.1, -0.05) is 12.1 Å². The minimum Gasteiger partial charge on any atom is -0.475 e. The summed E-state index contributed by atoms with van der Waals surface area (Å²) in [6.07, 6.45) is 5.56. The predicted molar refractivity (Wildman–Crippen MR) is 149 cm³/mol. The third kappa shape index (κ3) is 5.20. The lowest BCUT2D eigenvalue weighted by Gasteiger charge is -2.35. The number of piperazine rings is 1. The first-order chi connectivity index (χ1) is 18.3. The number of hydrogen-bond donors (Lipinski definition) is 3. The van der Waals surface area contributed by atoms with E-state index in [0.717, 1.165) is 59.6 Å². The van der Waals surface area contributed by atoms with Gasteiger partial charge >= 0.3 is 0 Å². The Morgan fingerprint density at radius 2 is 1.97 bits per heavy atom. The molecule has 3 aromatic heterocycles. The van der Waals surface area contributed by atoms with Crippen LogP contribution in [0.1, 0.15) is 19.4 Å². The molecule has 4 aromatic rings. The van der Waals surface area contributed by atoms with Crippen molar-refractivity contribution in [1.29, 1.82) is 0 Å². The first-order valence-electron chi connectivity index (χ1n) is 12.9. The van der Waals surface area contributed by atoms with Crippen LogP contribution in [0.25, 0.3) is 22.2 Å². The van der Waals surface area contributed by atoms with Gasteiger partial charge in [-0.25, -0.2) is 9.97 Å². The largest absolute Gasteiger partial charge is 0.475 e. The number of likely N-dealkylation sites (N-methyl/N-ethyl adjacent to an activating group) is 1. The zero-order valence-electron chi connectivity index (χ0n) is 22.6. The number of nitrogens with one attached hydrogen (secondary N) is 3. The van der Waals surface area contributed by atoms with E-state index in [-0.39, 0.29) is 11.9 Å². The quantitative estimate of drug-likeness (QED) is 0.326.